The third kappa shape index (κ3) is 1.93. The number of hydrogen-bond donors (Lipinski definition) is 0. The van der Waals surface area contributed by atoms with Gasteiger partial charge in [-0.2, -0.15) is 5.26 Å². The number of carbonyl (C=O) groups is 1. The normalized spacial score (nSPS) is 28.8. The molecular weight excluding hydrogens is 200 g/mol. The molecule has 1 amide bonds. The summed E-state index contributed by atoms with van der Waals surface area (Å²) < 4.78 is 0. The Morgan fingerprint density at radius 1 is 1.31 bits per heavy atom. The molecular formula is C13H20N2O. The highest BCUT2D eigenvalue weighted by Gasteiger charge is 2.41. The van der Waals surface area contributed by atoms with E-state index in [1.807, 2.05) is 4.90 Å². The molecule has 0 radical (unpaired) electrons. The molecule has 0 aromatic rings. The van der Waals surface area contributed by atoms with E-state index in [4.69, 9.17) is 5.26 Å². The van der Waals surface area contributed by atoms with Crippen LogP contribution in [0.25, 0.3) is 0 Å². The molecule has 1 atom stereocenters. The van der Waals surface area contributed by atoms with Gasteiger partial charge < -0.3 is 4.90 Å². The molecule has 0 spiro atoms. The summed E-state index contributed by atoms with van der Waals surface area (Å²) in [5, 5.41) is 9.09. The molecule has 1 saturated carbocycles. The molecule has 1 aliphatic heterocycles. The van der Waals surface area contributed by atoms with E-state index < -0.39 is 0 Å². The van der Waals surface area contributed by atoms with E-state index in [-0.39, 0.29) is 17.4 Å². The molecule has 1 aliphatic carbocycles. The van der Waals surface area contributed by atoms with Crippen LogP contribution in [0.4, 0.5) is 0 Å². The van der Waals surface area contributed by atoms with E-state index in [0.29, 0.717) is 0 Å². The quantitative estimate of drug-likeness (QED) is 0.681. The third-order valence-electron chi connectivity index (χ3n) is 4.14. The van der Waals surface area contributed by atoms with E-state index in [1.54, 1.807) is 0 Å². The van der Waals surface area contributed by atoms with Gasteiger partial charge in [0.05, 0.1) is 6.07 Å². The number of piperidine rings is 1. The second-order valence-electron chi connectivity index (χ2n) is 5.41. The number of rotatable bonds is 1. The molecule has 88 valence electrons. The van der Waals surface area contributed by atoms with Crippen LogP contribution in [0.2, 0.25) is 0 Å². The SMILES string of the molecule is CC1(C(=O)N2CCCCC2C#N)CCCC1. The standard InChI is InChI=1S/C13H20N2O/c1-13(7-3-4-8-13)12(16)15-9-5-2-6-11(15)10-14/h11H,2-9H2,1H3. The van der Waals surface area contributed by atoms with Crippen LogP contribution in [0.15, 0.2) is 0 Å². The summed E-state index contributed by atoms with van der Waals surface area (Å²) in [6.07, 6.45) is 7.32. The van der Waals surface area contributed by atoms with Gasteiger partial charge in [-0.3, -0.25) is 4.79 Å². The van der Waals surface area contributed by atoms with Crippen LogP contribution in [0.3, 0.4) is 0 Å². The molecule has 0 N–H and O–H groups in total. The molecule has 3 heteroatoms. The predicted molar refractivity (Wildman–Crippen MR) is 61.5 cm³/mol. The van der Waals surface area contributed by atoms with Crippen LogP contribution >= 0.6 is 0 Å². The summed E-state index contributed by atoms with van der Waals surface area (Å²) in [4.78, 5) is 14.3. The van der Waals surface area contributed by atoms with Gasteiger partial charge in [0.15, 0.2) is 0 Å². The van der Waals surface area contributed by atoms with Gasteiger partial charge in [0.25, 0.3) is 0 Å². The lowest BCUT2D eigenvalue weighted by Gasteiger charge is -2.37. The number of amides is 1. The summed E-state index contributed by atoms with van der Waals surface area (Å²) in [7, 11) is 0. The monoisotopic (exact) mass is 220 g/mol. The Balaban J connectivity index is 2.10. The first-order valence-corrected chi connectivity index (χ1v) is 6.38. The van der Waals surface area contributed by atoms with Crippen molar-refractivity contribution in [1.29, 1.82) is 5.26 Å². The van der Waals surface area contributed by atoms with Gasteiger partial charge in [-0.15, -0.1) is 0 Å². The second kappa shape index (κ2) is 4.45. The molecule has 1 saturated heterocycles. The number of carbonyl (C=O) groups excluding carboxylic acids is 1. The molecule has 1 unspecified atom stereocenters. The van der Waals surface area contributed by atoms with Gasteiger partial charge >= 0.3 is 0 Å². The minimum Gasteiger partial charge on any atom is -0.326 e. The summed E-state index contributed by atoms with van der Waals surface area (Å²) in [5.74, 6) is 0.233. The number of hydrogen-bond acceptors (Lipinski definition) is 2. The van der Waals surface area contributed by atoms with Gasteiger partial charge in [-0.05, 0) is 32.1 Å². The van der Waals surface area contributed by atoms with Crippen LogP contribution in [0, 0.1) is 16.7 Å². The highest BCUT2D eigenvalue weighted by Crippen LogP contribution is 2.40. The smallest absolute Gasteiger partial charge is 0.229 e. The van der Waals surface area contributed by atoms with Crippen LogP contribution < -0.4 is 0 Å². The Morgan fingerprint density at radius 2 is 2.00 bits per heavy atom. The highest BCUT2D eigenvalue weighted by atomic mass is 16.2. The largest absolute Gasteiger partial charge is 0.326 e. The van der Waals surface area contributed by atoms with Crippen molar-refractivity contribution in [1.82, 2.24) is 4.90 Å². The van der Waals surface area contributed by atoms with E-state index in [1.165, 1.54) is 0 Å². The van der Waals surface area contributed by atoms with Gasteiger partial charge in [0.2, 0.25) is 5.91 Å². The number of nitriles is 1. The van der Waals surface area contributed by atoms with Crippen molar-refractivity contribution in [2.75, 3.05) is 6.54 Å². The van der Waals surface area contributed by atoms with E-state index in [0.717, 1.165) is 51.5 Å². The maximum atomic E-state index is 12.5. The van der Waals surface area contributed by atoms with Crippen molar-refractivity contribution in [3.05, 3.63) is 0 Å². The van der Waals surface area contributed by atoms with Crippen LogP contribution in [0.1, 0.15) is 51.9 Å². The van der Waals surface area contributed by atoms with Crippen molar-refractivity contribution in [2.45, 2.75) is 57.9 Å². The van der Waals surface area contributed by atoms with E-state index in [2.05, 4.69) is 13.0 Å². The lowest BCUT2D eigenvalue weighted by Crippen LogP contribution is -2.48. The van der Waals surface area contributed by atoms with Crippen molar-refractivity contribution in [2.24, 2.45) is 5.41 Å². The van der Waals surface area contributed by atoms with Crippen LogP contribution in [-0.2, 0) is 4.79 Å². The molecule has 0 bridgehead atoms. The Hall–Kier alpha value is -1.04. The Labute approximate surface area is 97.4 Å². The summed E-state index contributed by atoms with van der Waals surface area (Å²) in [6, 6.07) is 2.11. The fourth-order valence-corrected chi connectivity index (χ4v) is 3.02. The zero-order valence-corrected chi connectivity index (χ0v) is 10.0. The topological polar surface area (TPSA) is 44.1 Å². The highest BCUT2D eigenvalue weighted by molar-refractivity contribution is 5.83. The molecule has 0 aromatic heterocycles. The maximum Gasteiger partial charge on any atom is 0.229 e. The lowest BCUT2D eigenvalue weighted by atomic mass is 9.85. The molecule has 2 aliphatic rings. The van der Waals surface area contributed by atoms with Crippen LogP contribution in [0.5, 0.6) is 0 Å². The predicted octanol–water partition coefficient (Wildman–Crippen LogP) is 2.47. The Morgan fingerprint density at radius 3 is 2.62 bits per heavy atom. The first kappa shape index (κ1) is 11.4. The first-order valence-electron chi connectivity index (χ1n) is 6.38. The van der Waals surface area contributed by atoms with Crippen LogP contribution in [-0.4, -0.2) is 23.4 Å². The van der Waals surface area contributed by atoms with Crippen molar-refractivity contribution < 1.29 is 4.79 Å². The zero-order valence-electron chi connectivity index (χ0n) is 10.0. The number of nitrogens with zero attached hydrogens (tertiary/aromatic N) is 2. The lowest BCUT2D eigenvalue weighted by molar-refractivity contribution is -0.143. The molecule has 16 heavy (non-hydrogen) atoms. The van der Waals surface area contributed by atoms with Crippen molar-refractivity contribution in [3.8, 4) is 6.07 Å². The Kier molecular flexibility index (Phi) is 3.18. The van der Waals surface area contributed by atoms with Crippen molar-refractivity contribution in [3.63, 3.8) is 0 Å². The van der Waals surface area contributed by atoms with Gasteiger partial charge in [0.1, 0.15) is 6.04 Å². The first-order chi connectivity index (χ1) is 7.67. The summed E-state index contributed by atoms with van der Waals surface area (Å²) in [6.45, 7) is 2.86. The van der Waals surface area contributed by atoms with Gasteiger partial charge in [0, 0.05) is 12.0 Å². The van der Waals surface area contributed by atoms with Gasteiger partial charge in [-0.25, -0.2) is 0 Å². The average molecular weight is 220 g/mol. The summed E-state index contributed by atoms with van der Waals surface area (Å²) in [5.41, 5.74) is -0.174. The Bertz CT molecular complexity index is 312. The maximum absolute atomic E-state index is 12.5. The summed E-state index contributed by atoms with van der Waals surface area (Å²) >= 11 is 0. The molecule has 0 aromatic carbocycles. The third-order valence-corrected chi connectivity index (χ3v) is 4.14. The van der Waals surface area contributed by atoms with Gasteiger partial charge in [-0.1, -0.05) is 19.8 Å². The van der Waals surface area contributed by atoms with E-state index >= 15 is 0 Å². The average Bonchev–Trinajstić information content (AvgIpc) is 2.76. The number of likely N-dealkylation sites (tertiary alicyclic amines) is 1. The fourth-order valence-electron chi connectivity index (χ4n) is 3.02. The molecule has 2 fully saturated rings. The molecule has 2 rings (SSSR count). The molecule has 3 nitrogen and oxygen atoms in total. The zero-order chi connectivity index (χ0) is 11.6. The minimum absolute atomic E-state index is 0.168. The minimum atomic E-state index is -0.174. The fraction of sp³-hybridized carbons (Fsp3) is 0.846. The van der Waals surface area contributed by atoms with Crippen molar-refractivity contribution >= 4 is 5.91 Å². The second-order valence-corrected chi connectivity index (χ2v) is 5.41. The molecule has 1 heterocycles. The van der Waals surface area contributed by atoms with E-state index in [9.17, 15) is 4.79 Å².